The van der Waals surface area contributed by atoms with Gasteiger partial charge in [-0.25, -0.2) is 9.59 Å². The number of anilines is 1. The summed E-state index contributed by atoms with van der Waals surface area (Å²) in [6.07, 6.45) is 3.73. The highest BCUT2D eigenvalue weighted by atomic mass is 16.4. The SMILES string of the molecule is CCCN1CCN2c3ccccc3Cn3cccc3C2C1C(=CC(=O)O)C(=O)O. The van der Waals surface area contributed by atoms with Gasteiger partial charge < -0.3 is 19.7 Å². The molecular formula is C22H25N3O4. The molecule has 7 nitrogen and oxygen atoms in total. The van der Waals surface area contributed by atoms with Crippen LogP contribution in [0.25, 0.3) is 0 Å². The van der Waals surface area contributed by atoms with Crippen molar-refractivity contribution in [2.24, 2.45) is 0 Å². The van der Waals surface area contributed by atoms with E-state index in [0.29, 0.717) is 19.6 Å². The van der Waals surface area contributed by atoms with Crippen molar-refractivity contribution in [3.8, 4) is 0 Å². The van der Waals surface area contributed by atoms with Crippen LogP contribution >= 0.6 is 0 Å². The molecule has 4 rings (SSSR count). The number of fused-ring (bicyclic) bond motifs is 5. The molecule has 152 valence electrons. The normalized spacial score (nSPS) is 21.7. The first-order chi connectivity index (χ1) is 14.0. The van der Waals surface area contributed by atoms with Crippen molar-refractivity contribution in [1.82, 2.24) is 9.47 Å². The quantitative estimate of drug-likeness (QED) is 0.757. The fraction of sp³-hybridized carbons (Fsp3) is 0.364. The summed E-state index contributed by atoms with van der Waals surface area (Å²) in [6.45, 7) is 4.89. The summed E-state index contributed by atoms with van der Waals surface area (Å²) < 4.78 is 2.15. The Hall–Kier alpha value is -3.06. The molecule has 1 aromatic carbocycles. The number of benzene rings is 1. The summed E-state index contributed by atoms with van der Waals surface area (Å²) in [5.41, 5.74) is 3.19. The predicted octanol–water partition coefficient (Wildman–Crippen LogP) is 2.59. The molecule has 2 aromatic rings. The van der Waals surface area contributed by atoms with E-state index < -0.39 is 18.0 Å². The monoisotopic (exact) mass is 395 g/mol. The maximum absolute atomic E-state index is 12.2. The molecule has 2 aliphatic heterocycles. The van der Waals surface area contributed by atoms with Gasteiger partial charge in [0, 0.05) is 43.3 Å². The number of carbonyl (C=O) groups is 2. The lowest BCUT2D eigenvalue weighted by atomic mass is 9.90. The summed E-state index contributed by atoms with van der Waals surface area (Å²) in [5, 5.41) is 19.3. The fourth-order valence-corrected chi connectivity index (χ4v) is 4.74. The molecule has 1 aromatic heterocycles. The number of hydrogen-bond acceptors (Lipinski definition) is 4. The number of carboxylic acids is 2. The van der Waals surface area contributed by atoms with Crippen LogP contribution in [0.2, 0.25) is 0 Å². The topological polar surface area (TPSA) is 86.0 Å². The van der Waals surface area contributed by atoms with Gasteiger partial charge in [-0.3, -0.25) is 4.90 Å². The molecule has 2 aliphatic rings. The molecule has 2 atom stereocenters. The molecule has 0 radical (unpaired) electrons. The van der Waals surface area contributed by atoms with E-state index in [0.717, 1.165) is 30.4 Å². The lowest BCUT2D eigenvalue weighted by molar-refractivity contribution is -0.136. The lowest BCUT2D eigenvalue weighted by Crippen LogP contribution is -2.57. The molecule has 0 amide bonds. The highest BCUT2D eigenvalue weighted by Gasteiger charge is 2.44. The van der Waals surface area contributed by atoms with Gasteiger partial charge in [-0.15, -0.1) is 0 Å². The molecule has 0 bridgehead atoms. The maximum atomic E-state index is 12.2. The molecule has 29 heavy (non-hydrogen) atoms. The summed E-state index contributed by atoms with van der Waals surface area (Å²) in [5.74, 6) is -2.42. The van der Waals surface area contributed by atoms with Crippen LogP contribution in [0.3, 0.4) is 0 Å². The van der Waals surface area contributed by atoms with Gasteiger partial charge >= 0.3 is 11.9 Å². The van der Waals surface area contributed by atoms with Gasteiger partial charge in [0.2, 0.25) is 0 Å². The average molecular weight is 395 g/mol. The minimum Gasteiger partial charge on any atom is -0.478 e. The molecule has 2 N–H and O–H groups in total. The third-order valence-corrected chi connectivity index (χ3v) is 5.82. The van der Waals surface area contributed by atoms with Crippen molar-refractivity contribution in [1.29, 1.82) is 0 Å². The van der Waals surface area contributed by atoms with Gasteiger partial charge in [-0.2, -0.15) is 0 Å². The number of rotatable bonds is 5. The molecule has 7 heteroatoms. The standard InChI is InChI=1S/C22H25N3O4/c1-2-9-23-11-12-25-17-7-4-3-6-15(17)14-24-10-5-8-18(24)21(25)20(23)16(22(28)29)13-19(26)27/h3-8,10,13,20-21H,2,9,11-12,14H2,1H3,(H,26,27)(H,28,29). The number of carboxylic acid groups (broad SMARTS) is 2. The fourth-order valence-electron chi connectivity index (χ4n) is 4.74. The number of aliphatic carboxylic acids is 2. The molecule has 1 fully saturated rings. The van der Waals surface area contributed by atoms with E-state index in [1.54, 1.807) is 0 Å². The number of para-hydroxylation sites is 1. The van der Waals surface area contributed by atoms with E-state index >= 15 is 0 Å². The van der Waals surface area contributed by atoms with Crippen LogP contribution in [0.4, 0.5) is 5.69 Å². The molecule has 0 spiro atoms. The van der Waals surface area contributed by atoms with E-state index in [1.807, 2.05) is 30.5 Å². The summed E-state index contributed by atoms with van der Waals surface area (Å²) in [6, 6.07) is 11.3. The zero-order valence-electron chi connectivity index (χ0n) is 16.4. The minimum atomic E-state index is -1.24. The number of aromatic nitrogens is 1. The second kappa shape index (κ2) is 7.75. The summed E-state index contributed by atoms with van der Waals surface area (Å²) >= 11 is 0. The first-order valence-electron chi connectivity index (χ1n) is 9.92. The zero-order valence-corrected chi connectivity index (χ0v) is 16.4. The number of piperazine rings is 1. The van der Waals surface area contributed by atoms with E-state index in [2.05, 4.69) is 33.4 Å². The number of nitrogens with zero attached hydrogens (tertiary/aromatic N) is 3. The van der Waals surface area contributed by atoms with Crippen molar-refractivity contribution in [2.45, 2.75) is 32.0 Å². The van der Waals surface area contributed by atoms with Gasteiger partial charge in [-0.05, 0) is 36.7 Å². The van der Waals surface area contributed by atoms with Crippen molar-refractivity contribution in [3.63, 3.8) is 0 Å². The molecule has 1 saturated heterocycles. The predicted molar refractivity (Wildman–Crippen MR) is 109 cm³/mol. The van der Waals surface area contributed by atoms with E-state index in [9.17, 15) is 19.8 Å². The average Bonchev–Trinajstić information content (AvgIpc) is 3.09. The smallest absolute Gasteiger partial charge is 0.333 e. The maximum Gasteiger partial charge on any atom is 0.333 e. The minimum absolute atomic E-state index is 0.0761. The Labute approximate surface area is 169 Å². The Morgan fingerprint density at radius 3 is 2.66 bits per heavy atom. The van der Waals surface area contributed by atoms with Crippen LogP contribution < -0.4 is 4.90 Å². The van der Waals surface area contributed by atoms with E-state index in [4.69, 9.17) is 0 Å². The Morgan fingerprint density at radius 1 is 1.14 bits per heavy atom. The van der Waals surface area contributed by atoms with Gasteiger partial charge in [0.25, 0.3) is 0 Å². The third-order valence-electron chi connectivity index (χ3n) is 5.82. The van der Waals surface area contributed by atoms with Crippen LogP contribution in [0.5, 0.6) is 0 Å². The second-order valence-electron chi connectivity index (χ2n) is 7.55. The number of hydrogen-bond donors (Lipinski definition) is 2. The van der Waals surface area contributed by atoms with E-state index in [1.165, 1.54) is 5.56 Å². The van der Waals surface area contributed by atoms with E-state index in [-0.39, 0.29) is 11.6 Å². The first-order valence-corrected chi connectivity index (χ1v) is 9.92. The first kappa shape index (κ1) is 19.3. The molecular weight excluding hydrogens is 370 g/mol. The third kappa shape index (κ3) is 3.42. The van der Waals surface area contributed by atoms with Crippen LogP contribution in [0.15, 0.2) is 54.2 Å². The van der Waals surface area contributed by atoms with Gasteiger partial charge in [-0.1, -0.05) is 25.1 Å². The Balaban J connectivity index is 1.92. The summed E-state index contributed by atoms with van der Waals surface area (Å²) in [4.78, 5) is 28.0. The zero-order chi connectivity index (χ0) is 20.5. The van der Waals surface area contributed by atoms with Crippen LogP contribution in [0.1, 0.15) is 30.6 Å². The van der Waals surface area contributed by atoms with Gasteiger partial charge in [0.05, 0.1) is 17.7 Å². The summed E-state index contributed by atoms with van der Waals surface area (Å²) in [7, 11) is 0. The highest BCUT2D eigenvalue weighted by Crippen LogP contribution is 2.42. The van der Waals surface area contributed by atoms with Crippen LogP contribution in [0, 0.1) is 0 Å². The van der Waals surface area contributed by atoms with Gasteiger partial charge in [0.15, 0.2) is 0 Å². The molecule has 0 aliphatic carbocycles. The Kier molecular flexibility index (Phi) is 5.15. The second-order valence-corrected chi connectivity index (χ2v) is 7.55. The highest BCUT2D eigenvalue weighted by molar-refractivity contribution is 5.96. The molecule has 3 heterocycles. The molecule has 2 unspecified atom stereocenters. The Morgan fingerprint density at radius 2 is 1.93 bits per heavy atom. The van der Waals surface area contributed by atoms with Gasteiger partial charge in [0.1, 0.15) is 0 Å². The molecule has 0 saturated carbocycles. The van der Waals surface area contributed by atoms with Crippen molar-refractivity contribution < 1.29 is 19.8 Å². The largest absolute Gasteiger partial charge is 0.478 e. The van der Waals surface area contributed by atoms with Crippen LogP contribution in [-0.4, -0.2) is 57.3 Å². The van der Waals surface area contributed by atoms with Crippen LogP contribution in [-0.2, 0) is 16.1 Å². The van der Waals surface area contributed by atoms with Crippen molar-refractivity contribution in [3.05, 3.63) is 65.5 Å². The van der Waals surface area contributed by atoms with Crippen molar-refractivity contribution in [2.75, 3.05) is 24.5 Å². The lowest BCUT2D eigenvalue weighted by Gasteiger charge is -2.48. The Bertz CT molecular complexity index is 964. The van der Waals surface area contributed by atoms with Crippen molar-refractivity contribution >= 4 is 17.6 Å².